The minimum absolute atomic E-state index is 0.0393. The van der Waals surface area contributed by atoms with E-state index in [2.05, 4.69) is 0 Å². The third-order valence-corrected chi connectivity index (χ3v) is 5.31. The number of hydrogen-bond acceptors (Lipinski definition) is 4. The molecule has 0 amide bonds. The van der Waals surface area contributed by atoms with E-state index >= 15 is 0 Å². The van der Waals surface area contributed by atoms with Crippen LogP contribution < -0.4 is 0 Å². The molecule has 4 atom stereocenters. The highest BCUT2D eigenvalue weighted by Gasteiger charge is 2.62. The van der Waals surface area contributed by atoms with Gasteiger partial charge in [0.05, 0.1) is 11.3 Å². The fraction of sp³-hybridized carbons (Fsp3) is 0.867. The Kier molecular flexibility index (Phi) is 2.70. The summed E-state index contributed by atoms with van der Waals surface area (Å²) in [6.07, 6.45) is 4.01. The van der Waals surface area contributed by atoms with Gasteiger partial charge in [-0.15, -0.1) is 0 Å². The maximum Gasteiger partial charge on any atom is 0.313 e. The number of ether oxygens (including phenoxy) is 2. The average Bonchev–Trinajstić information content (AvgIpc) is 2.52. The molecule has 4 unspecified atom stereocenters. The molecule has 1 saturated heterocycles. The Labute approximate surface area is 113 Å². The second kappa shape index (κ2) is 3.97. The standard InChI is InChI=1S/C15H22O4/c1-4-14(2,3)13(17)19-15-7-9-5-10(8-15)18-12(16)11(15)6-9/h9-11H,4-8H2,1-3H3. The molecule has 3 fully saturated rings. The summed E-state index contributed by atoms with van der Waals surface area (Å²) in [5.74, 6) is -0.0741. The molecule has 2 saturated carbocycles. The lowest BCUT2D eigenvalue weighted by Gasteiger charge is -2.44. The highest BCUT2D eigenvalue weighted by Crippen LogP contribution is 2.55. The highest BCUT2D eigenvalue weighted by atomic mass is 16.6. The molecule has 0 aromatic carbocycles. The summed E-state index contributed by atoms with van der Waals surface area (Å²) in [4.78, 5) is 24.4. The molecule has 0 spiro atoms. The van der Waals surface area contributed by atoms with Crippen LogP contribution in [0.4, 0.5) is 0 Å². The van der Waals surface area contributed by atoms with Crippen LogP contribution in [0.5, 0.6) is 0 Å². The van der Waals surface area contributed by atoms with Gasteiger partial charge in [0.2, 0.25) is 0 Å². The quantitative estimate of drug-likeness (QED) is 0.736. The number of carbonyl (C=O) groups excluding carboxylic acids is 2. The first kappa shape index (κ1) is 12.9. The van der Waals surface area contributed by atoms with E-state index in [9.17, 15) is 9.59 Å². The van der Waals surface area contributed by atoms with Crippen molar-refractivity contribution in [1.29, 1.82) is 0 Å². The molecule has 0 radical (unpaired) electrons. The number of carbonyl (C=O) groups is 2. The minimum Gasteiger partial charge on any atom is -0.462 e. The van der Waals surface area contributed by atoms with Gasteiger partial charge in [-0.3, -0.25) is 9.59 Å². The lowest BCUT2D eigenvalue weighted by molar-refractivity contribution is -0.204. The van der Waals surface area contributed by atoms with Gasteiger partial charge in [-0.2, -0.15) is 0 Å². The van der Waals surface area contributed by atoms with E-state index in [0.717, 1.165) is 25.7 Å². The van der Waals surface area contributed by atoms with Crippen molar-refractivity contribution < 1.29 is 19.1 Å². The molecule has 0 aromatic rings. The summed E-state index contributed by atoms with van der Waals surface area (Å²) >= 11 is 0. The molecule has 4 heteroatoms. The van der Waals surface area contributed by atoms with Crippen LogP contribution in [0.15, 0.2) is 0 Å². The number of hydrogen-bond donors (Lipinski definition) is 0. The number of esters is 2. The lowest BCUT2D eigenvalue weighted by atomic mass is 9.78. The summed E-state index contributed by atoms with van der Waals surface area (Å²) in [5.41, 5.74) is -1.04. The van der Waals surface area contributed by atoms with Crippen LogP contribution in [-0.4, -0.2) is 23.6 Å². The zero-order valence-electron chi connectivity index (χ0n) is 11.9. The van der Waals surface area contributed by atoms with E-state index < -0.39 is 11.0 Å². The van der Waals surface area contributed by atoms with Crippen molar-refractivity contribution in [3.05, 3.63) is 0 Å². The molecule has 3 bridgehead atoms. The van der Waals surface area contributed by atoms with Gasteiger partial charge < -0.3 is 9.47 Å². The summed E-state index contributed by atoms with van der Waals surface area (Å²) < 4.78 is 11.3. The van der Waals surface area contributed by atoms with Crippen molar-refractivity contribution in [2.24, 2.45) is 17.3 Å². The number of fused-ring (bicyclic) bond motifs is 2. The molecule has 3 aliphatic rings. The van der Waals surface area contributed by atoms with Crippen molar-refractivity contribution in [3.8, 4) is 0 Å². The van der Waals surface area contributed by atoms with Gasteiger partial charge in [0.15, 0.2) is 0 Å². The SMILES string of the molecule is CCC(C)(C)C(=O)OC12CC3CC(C1)OC(=O)C2C3. The van der Waals surface area contributed by atoms with Gasteiger partial charge in [-0.05, 0) is 45.4 Å². The Morgan fingerprint density at radius 1 is 1.42 bits per heavy atom. The Hall–Kier alpha value is -1.06. The van der Waals surface area contributed by atoms with Crippen LogP contribution in [0.2, 0.25) is 0 Å². The molecule has 2 aliphatic carbocycles. The van der Waals surface area contributed by atoms with Crippen molar-refractivity contribution in [2.45, 2.75) is 64.6 Å². The van der Waals surface area contributed by atoms with Crippen molar-refractivity contribution >= 4 is 11.9 Å². The van der Waals surface area contributed by atoms with Crippen molar-refractivity contribution in [2.75, 3.05) is 0 Å². The fourth-order valence-electron chi connectivity index (χ4n) is 3.78. The molecule has 4 nitrogen and oxygen atoms in total. The molecule has 0 aromatic heterocycles. The summed E-state index contributed by atoms with van der Waals surface area (Å²) in [6.45, 7) is 5.79. The third kappa shape index (κ3) is 1.87. The normalized spacial score (nSPS) is 40.2. The zero-order chi connectivity index (χ0) is 13.8. The van der Waals surface area contributed by atoms with Crippen LogP contribution in [0.1, 0.15) is 52.9 Å². The average molecular weight is 266 g/mol. The Morgan fingerprint density at radius 2 is 2.16 bits per heavy atom. The van der Waals surface area contributed by atoms with Crippen LogP contribution >= 0.6 is 0 Å². The van der Waals surface area contributed by atoms with E-state index in [1.807, 2.05) is 20.8 Å². The first-order valence-corrected chi connectivity index (χ1v) is 7.30. The molecular formula is C15H22O4. The van der Waals surface area contributed by atoms with Crippen LogP contribution in [0, 0.1) is 17.3 Å². The molecular weight excluding hydrogens is 244 g/mol. The summed E-state index contributed by atoms with van der Waals surface area (Å²) in [5, 5.41) is 0. The van der Waals surface area contributed by atoms with Crippen molar-refractivity contribution in [1.82, 2.24) is 0 Å². The molecule has 19 heavy (non-hydrogen) atoms. The Bertz CT molecular complexity index is 428. The Balaban J connectivity index is 1.84. The van der Waals surface area contributed by atoms with E-state index in [0.29, 0.717) is 12.3 Å². The van der Waals surface area contributed by atoms with Crippen LogP contribution in [0.3, 0.4) is 0 Å². The van der Waals surface area contributed by atoms with E-state index in [4.69, 9.17) is 9.47 Å². The molecule has 1 aliphatic heterocycles. The van der Waals surface area contributed by atoms with Crippen molar-refractivity contribution in [3.63, 3.8) is 0 Å². The topological polar surface area (TPSA) is 52.6 Å². The second-order valence-electron chi connectivity index (χ2n) is 7.05. The van der Waals surface area contributed by atoms with Crippen LogP contribution in [-0.2, 0) is 19.1 Å². The largest absolute Gasteiger partial charge is 0.462 e. The van der Waals surface area contributed by atoms with Gasteiger partial charge in [0.1, 0.15) is 11.7 Å². The summed E-state index contributed by atoms with van der Waals surface area (Å²) in [6, 6.07) is 0. The lowest BCUT2D eigenvalue weighted by Crippen LogP contribution is -2.53. The van der Waals surface area contributed by atoms with Gasteiger partial charge in [-0.25, -0.2) is 0 Å². The smallest absolute Gasteiger partial charge is 0.313 e. The Morgan fingerprint density at radius 3 is 2.84 bits per heavy atom. The molecule has 1 heterocycles. The first-order valence-electron chi connectivity index (χ1n) is 7.30. The summed E-state index contributed by atoms with van der Waals surface area (Å²) in [7, 11) is 0. The second-order valence-corrected chi connectivity index (χ2v) is 7.05. The van der Waals surface area contributed by atoms with Gasteiger partial charge in [-0.1, -0.05) is 6.92 Å². The fourth-order valence-corrected chi connectivity index (χ4v) is 3.78. The van der Waals surface area contributed by atoms with E-state index in [1.54, 1.807) is 0 Å². The molecule has 106 valence electrons. The maximum absolute atomic E-state index is 12.4. The number of rotatable bonds is 3. The predicted molar refractivity (Wildman–Crippen MR) is 68.2 cm³/mol. The minimum atomic E-state index is -0.563. The molecule has 0 N–H and O–H groups in total. The molecule has 3 rings (SSSR count). The van der Waals surface area contributed by atoms with E-state index in [1.165, 1.54) is 0 Å². The third-order valence-electron chi connectivity index (χ3n) is 5.31. The van der Waals surface area contributed by atoms with Gasteiger partial charge >= 0.3 is 11.9 Å². The van der Waals surface area contributed by atoms with E-state index in [-0.39, 0.29) is 24.0 Å². The predicted octanol–water partition coefficient (Wildman–Crippen LogP) is 2.45. The van der Waals surface area contributed by atoms with Gasteiger partial charge in [0, 0.05) is 6.42 Å². The van der Waals surface area contributed by atoms with Crippen LogP contribution in [0.25, 0.3) is 0 Å². The van der Waals surface area contributed by atoms with Gasteiger partial charge in [0.25, 0.3) is 0 Å². The zero-order valence-corrected chi connectivity index (χ0v) is 11.9. The first-order chi connectivity index (χ1) is 8.86. The maximum atomic E-state index is 12.4. The monoisotopic (exact) mass is 266 g/mol. The highest BCUT2D eigenvalue weighted by molar-refractivity contribution is 5.80.